The van der Waals surface area contributed by atoms with Crippen molar-refractivity contribution in [2.45, 2.75) is 40.3 Å². The summed E-state index contributed by atoms with van der Waals surface area (Å²) in [5.41, 5.74) is 3.50. The molecule has 0 radical (unpaired) electrons. The second-order valence-corrected chi connectivity index (χ2v) is 7.48. The second-order valence-electron chi connectivity index (χ2n) is 6.33. The normalized spacial score (nSPS) is 20.2. The molecular weight excluding hydrogens is 280 g/mol. The van der Waals surface area contributed by atoms with Crippen molar-refractivity contribution in [1.29, 1.82) is 0 Å². The summed E-state index contributed by atoms with van der Waals surface area (Å²) in [6.45, 7) is 11.7. The molecule has 1 fully saturated rings. The van der Waals surface area contributed by atoms with E-state index in [2.05, 4.69) is 45.0 Å². The Morgan fingerprint density at radius 1 is 1.29 bits per heavy atom. The third-order valence-electron chi connectivity index (χ3n) is 3.99. The maximum Gasteiger partial charge on any atom is 0.146 e. The molecule has 1 N–H and O–H groups in total. The topological polar surface area (TPSA) is 41.1 Å². The molecule has 0 spiro atoms. The average molecular weight is 308 g/mol. The minimum atomic E-state index is 0.360. The van der Waals surface area contributed by atoms with Gasteiger partial charge in [0.15, 0.2) is 0 Å². The number of nitrogens with one attached hydrogen (secondary N) is 1. The van der Waals surface area contributed by atoms with Crippen molar-refractivity contribution in [3.05, 3.63) is 22.8 Å². The largest absolute Gasteiger partial charge is 0.312 e. The van der Waals surface area contributed by atoms with E-state index in [-0.39, 0.29) is 0 Å². The highest BCUT2D eigenvalue weighted by atomic mass is 32.2. The molecule has 2 rings (SSSR count). The number of hydrogen-bond acceptors (Lipinski definition) is 5. The van der Waals surface area contributed by atoms with E-state index in [9.17, 15) is 0 Å². The van der Waals surface area contributed by atoms with Crippen LogP contribution >= 0.6 is 11.8 Å². The van der Waals surface area contributed by atoms with Crippen molar-refractivity contribution in [3.63, 3.8) is 0 Å². The molecule has 0 aromatic carbocycles. The Bertz CT molecular complexity index is 452. The van der Waals surface area contributed by atoms with E-state index in [1.54, 1.807) is 0 Å². The SMILES string of the molecule is Cc1nc(C2CSCCN2C)nc(C)c1CNCC(C)C. The molecule has 118 valence electrons. The van der Waals surface area contributed by atoms with E-state index < -0.39 is 0 Å². The number of aromatic nitrogens is 2. The Morgan fingerprint density at radius 2 is 1.95 bits per heavy atom. The van der Waals surface area contributed by atoms with Gasteiger partial charge in [-0.2, -0.15) is 11.8 Å². The molecule has 0 bridgehead atoms. The van der Waals surface area contributed by atoms with E-state index in [4.69, 9.17) is 9.97 Å². The maximum atomic E-state index is 4.80. The molecule has 1 aromatic heterocycles. The number of rotatable bonds is 5. The van der Waals surface area contributed by atoms with Gasteiger partial charge in [-0.05, 0) is 33.4 Å². The van der Waals surface area contributed by atoms with Crippen LogP contribution in [0.5, 0.6) is 0 Å². The Labute approximate surface area is 133 Å². The van der Waals surface area contributed by atoms with Gasteiger partial charge in [0.25, 0.3) is 0 Å². The third-order valence-corrected chi connectivity index (χ3v) is 5.01. The lowest BCUT2D eigenvalue weighted by atomic mass is 10.1. The van der Waals surface area contributed by atoms with Gasteiger partial charge in [-0.1, -0.05) is 13.8 Å². The standard InChI is InChI=1S/C16H28N4S/c1-11(2)8-17-9-14-12(3)18-16(19-13(14)4)15-10-21-7-6-20(15)5/h11,15,17H,6-10H2,1-5H3. The van der Waals surface area contributed by atoms with Crippen LogP contribution in [0.3, 0.4) is 0 Å². The van der Waals surface area contributed by atoms with Gasteiger partial charge in [-0.15, -0.1) is 0 Å². The second kappa shape index (κ2) is 7.56. The van der Waals surface area contributed by atoms with E-state index in [1.807, 2.05) is 11.8 Å². The summed E-state index contributed by atoms with van der Waals surface area (Å²) >= 11 is 2.00. The monoisotopic (exact) mass is 308 g/mol. The minimum Gasteiger partial charge on any atom is -0.312 e. The fourth-order valence-corrected chi connectivity index (χ4v) is 3.82. The molecule has 21 heavy (non-hydrogen) atoms. The van der Waals surface area contributed by atoms with Crippen molar-refractivity contribution in [1.82, 2.24) is 20.2 Å². The van der Waals surface area contributed by atoms with Gasteiger partial charge >= 0.3 is 0 Å². The Hall–Kier alpha value is -0.650. The van der Waals surface area contributed by atoms with Gasteiger partial charge in [0.2, 0.25) is 0 Å². The van der Waals surface area contributed by atoms with Crippen LogP contribution in [0.1, 0.15) is 42.7 Å². The molecule has 1 aliphatic rings. The summed E-state index contributed by atoms with van der Waals surface area (Å²) in [4.78, 5) is 12.0. The molecule has 1 atom stereocenters. The molecular formula is C16H28N4S. The highest BCUT2D eigenvalue weighted by molar-refractivity contribution is 7.99. The van der Waals surface area contributed by atoms with Crippen molar-refractivity contribution in [3.8, 4) is 0 Å². The van der Waals surface area contributed by atoms with Gasteiger partial charge in [0, 0.05) is 41.5 Å². The zero-order valence-corrected chi connectivity index (χ0v) is 14.8. The zero-order valence-electron chi connectivity index (χ0n) is 13.9. The first-order valence-corrected chi connectivity index (χ1v) is 8.97. The summed E-state index contributed by atoms with van der Waals surface area (Å²) < 4.78 is 0. The molecule has 1 saturated heterocycles. The molecule has 2 heterocycles. The predicted octanol–water partition coefficient (Wildman–Crippen LogP) is 2.56. The summed E-state index contributed by atoms with van der Waals surface area (Å²) in [6, 6.07) is 0.360. The van der Waals surface area contributed by atoms with Crippen molar-refractivity contribution >= 4 is 11.8 Å². The quantitative estimate of drug-likeness (QED) is 0.905. The van der Waals surface area contributed by atoms with E-state index in [0.29, 0.717) is 12.0 Å². The van der Waals surface area contributed by atoms with Crippen LogP contribution in [-0.2, 0) is 6.54 Å². The predicted molar refractivity (Wildman–Crippen MR) is 90.7 cm³/mol. The number of nitrogens with zero attached hydrogens (tertiary/aromatic N) is 3. The number of hydrogen-bond donors (Lipinski definition) is 1. The lowest BCUT2D eigenvalue weighted by molar-refractivity contribution is 0.263. The first-order valence-electron chi connectivity index (χ1n) is 7.81. The van der Waals surface area contributed by atoms with Crippen LogP contribution in [0, 0.1) is 19.8 Å². The molecule has 4 nitrogen and oxygen atoms in total. The molecule has 0 aliphatic carbocycles. The van der Waals surface area contributed by atoms with E-state index in [0.717, 1.165) is 42.6 Å². The van der Waals surface area contributed by atoms with Crippen molar-refractivity contribution < 1.29 is 0 Å². The highest BCUT2D eigenvalue weighted by Crippen LogP contribution is 2.26. The average Bonchev–Trinajstić information content (AvgIpc) is 2.42. The van der Waals surface area contributed by atoms with Gasteiger partial charge < -0.3 is 5.32 Å². The van der Waals surface area contributed by atoms with Crippen LogP contribution in [-0.4, -0.2) is 46.5 Å². The van der Waals surface area contributed by atoms with Crippen LogP contribution < -0.4 is 5.32 Å². The van der Waals surface area contributed by atoms with Gasteiger partial charge in [-0.25, -0.2) is 9.97 Å². The highest BCUT2D eigenvalue weighted by Gasteiger charge is 2.24. The van der Waals surface area contributed by atoms with Crippen LogP contribution in [0.2, 0.25) is 0 Å². The minimum absolute atomic E-state index is 0.360. The van der Waals surface area contributed by atoms with E-state index in [1.165, 1.54) is 11.3 Å². The summed E-state index contributed by atoms with van der Waals surface area (Å²) in [6.07, 6.45) is 0. The molecule has 1 aromatic rings. The summed E-state index contributed by atoms with van der Waals surface area (Å²) in [5, 5.41) is 3.50. The summed E-state index contributed by atoms with van der Waals surface area (Å²) in [5.74, 6) is 3.97. The lowest BCUT2D eigenvalue weighted by Crippen LogP contribution is -2.34. The van der Waals surface area contributed by atoms with Gasteiger partial charge in [0.05, 0.1) is 6.04 Å². The van der Waals surface area contributed by atoms with Gasteiger partial charge in [-0.3, -0.25) is 4.90 Å². The van der Waals surface area contributed by atoms with Crippen molar-refractivity contribution in [2.24, 2.45) is 5.92 Å². The maximum absolute atomic E-state index is 4.80. The van der Waals surface area contributed by atoms with Gasteiger partial charge in [0.1, 0.15) is 5.82 Å². The number of thioether (sulfide) groups is 1. The first kappa shape index (κ1) is 16.7. The third kappa shape index (κ3) is 4.41. The van der Waals surface area contributed by atoms with Crippen molar-refractivity contribution in [2.75, 3.05) is 31.6 Å². The van der Waals surface area contributed by atoms with Crippen LogP contribution in [0.15, 0.2) is 0 Å². The Morgan fingerprint density at radius 3 is 2.52 bits per heavy atom. The lowest BCUT2D eigenvalue weighted by Gasteiger charge is -2.31. The molecule has 0 amide bonds. The Kier molecular flexibility index (Phi) is 6.02. The number of aryl methyl sites for hydroxylation is 2. The van der Waals surface area contributed by atoms with Crippen LogP contribution in [0.25, 0.3) is 0 Å². The molecule has 1 unspecified atom stereocenters. The Balaban J connectivity index is 2.12. The smallest absolute Gasteiger partial charge is 0.146 e. The van der Waals surface area contributed by atoms with Crippen LogP contribution in [0.4, 0.5) is 0 Å². The fraction of sp³-hybridized carbons (Fsp3) is 0.750. The fourth-order valence-electron chi connectivity index (χ4n) is 2.61. The molecule has 0 saturated carbocycles. The first-order chi connectivity index (χ1) is 9.99. The summed E-state index contributed by atoms with van der Waals surface area (Å²) in [7, 11) is 2.18. The zero-order chi connectivity index (χ0) is 15.4. The molecule has 5 heteroatoms. The molecule has 1 aliphatic heterocycles. The van der Waals surface area contributed by atoms with E-state index >= 15 is 0 Å².